The quantitative estimate of drug-likeness (QED) is 0.217. The van der Waals surface area contributed by atoms with Crippen molar-refractivity contribution in [2.45, 2.75) is 43.5 Å². The van der Waals surface area contributed by atoms with Crippen LogP contribution in [-0.4, -0.2) is 88.0 Å². The number of anilines is 1. The largest absolute Gasteiger partial charge is 0.493 e. The number of nitrogens with zero attached hydrogens (tertiary/aromatic N) is 4. The average Bonchev–Trinajstić information content (AvgIpc) is 3.02. The lowest BCUT2D eigenvalue weighted by atomic mass is 9.92. The molecular formula is C33H45N5O4S. The van der Waals surface area contributed by atoms with Crippen LogP contribution in [0.15, 0.2) is 53.7 Å². The van der Waals surface area contributed by atoms with Crippen LogP contribution in [-0.2, 0) is 22.3 Å². The normalized spacial score (nSPS) is 13.9. The number of carbonyl (C=O) groups is 1. The van der Waals surface area contributed by atoms with Crippen LogP contribution in [0.1, 0.15) is 48.0 Å². The Morgan fingerprint density at radius 1 is 1.02 bits per heavy atom. The van der Waals surface area contributed by atoms with Gasteiger partial charge in [-0.15, -0.1) is 0 Å². The monoisotopic (exact) mass is 607 g/mol. The topological polar surface area (TPSA) is 89.1 Å². The second-order valence-corrected chi connectivity index (χ2v) is 12.6. The molecule has 1 N–H and O–H groups in total. The number of benzene rings is 2. The first-order valence-corrected chi connectivity index (χ1v) is 15.8. The molecule has 0 atom stereocenters. The van der Waals surface area contributed by atoms with Crippen LogP contribution in [0, 0.1) is 0 Å². The van der Waals surface area contributed by atoms with Crippen molar-refractivity contribution >= 4 is 23.5 Å². The molecule has 3 aromatic rings. The zero-order valence-corrected chi connectivity index (χ0v) is 27.1. The molecule has 0 radical (unpaired) electrons. The average molecular weight is 608 g/mol. The van der Waals surface area contributed by atoms with Crippen molar-refractivity contribution < 1.29 is 19.0 Å². The first-order valence-electron chi connectivity index (χ1n) is 14.8. The summed E-state index contributed by atoms with van der Waals surface area (Å²) in [6, 6.07) is 15.9. The zero-order chi connectivity index (χ0) is 30.8. The molecule has 0 unspecified atom stereocenters. The second kappa shape index (κ2) is 15.4. The molecule has 1 fully saturated rings. The standard InChI is InChI=1S/C33H45N5O4S/c1-33(2,3)29-22-30(37(4)14-12-24-10-11-27(40-5)28(21-24)41-6)36-32(35-29)43-23-25-8-7-9-26(20-25)31(39)34-13-15-38-16-18-42-19-17-38/h7-11,20-22H,12-19,23H2,1-6H3,(H,34,39). The molecule has 43 heavy (non-hydrogen) atoms. The minimum Gasteiger partial charge on any atom is -0.493 e. The van der Waals surface area contributed by atoms with Crippen LogP contribution in [0.4, 0.5) is 5.82 Å². The van der Waals surface area contributed by atoms with Crippen LogP contribution in [0.25, 0.3) is 0 Å². The van der Waals surface area contributed by atoms with E-state index in [-0.39, 0.29) is 11.3 Å². The molecule has 10 heteroatoms. The van der Waals surface area contributed by atoms with E-state index in [1.54, 1.807) is 26.0 Å². The molecule has 1 aliphatic heterocycles. The molecule has 0 spiro atoms. The molecule has 2 aromatic carbocycles. The van der Waals surface area contributed by atoms with Crippen LogP contribution in [0.5, 0.6) is 11.5 Å². The Balaban J connectivity index is 1.39. The van der Waals surface area contributed by atoms with Crippen molar-refractivity contribution in [3.63, 3.8) is 0 Å². The van der Waals surface area contributed by atoms with Gasteiger partial charge < -0.3 is 24.4 Å². The molecule has 0 aliphatic carbocycles. The second-order valence-electron chi connectivity index (χ2n) is 11.7. The zero-order valence-electron chi connectivity index (χ0n) is 26.3. The van der Waals surface area contributed by atoms with E-state index >= 15 is 0 Å². The number of morpholine rings is 1. The Labute approximate surface area is 260 Å². The summed E-state index contributed by atoms with van der Waals surface area (Å²) >= 11 is 1.59. The predicted octanol–water partition coefficient (Wildman–Crippen LogP) is 4.82. The molecule has 232 valence electrons. The van der Waals surface area contributed by atoms with Gasteiger partial charge in [0, 0.05) is 62.6 Å². The van der Waals surface area contributed by atoms with Crippen LogP contribution >= 0.6 is 11.8 Å². The minimum absolute atomic E-state index is 0.0514. The first-order chi connectivity index (χ1) is 20.7. The molecule has 2 heterocycles. The van der Waals surface area contributed by atoms with Gasteiger partial charge in [0.1, 0.15) is 5.82 Å². The van der Waals surface area contributed by atoms with E-state index in [1.807, 2.05) is 36.4 Å². The number of hydrogen-bond acceptors (Lipinski definition) is 9. The fourth-order valence-electron chi connectivity index (χ4n) is 4.71. The molecular weight excluding hydrogens is 562 g/mol. The van der Waals surface area contributed by atoms with E-state index in [0.29, 0.717) is 17.9 Å². The lowest BCUT2D eigenvalue weighted by molar-refractivity contribution is 0.0383. The fourth-order valence-corrected chi connectivity index (χ4v) is 5.51. The van der Waals surface area contributed by atoms with Crippen LogP contribution in [0.2, 0.25) is 0 Å². The highest BCUT2D eigenvalue weighted by atomic mass is 32.2. The maximum atomic E-state index is 12.8. The molecule has 1 aromatic heterocycles. The smallest absolute Gasteiger partial charge is 0.251 e. The molecule has 1 amide bonds. The third-order valence-corrected chi connectivity index (χ3v) is 8.33. The summed E-state index contributed by atoms with van der Waals surface area (Å²) in [4.78, 5) is 27.1. The van der Waals surface area contributed by atoms with Crippen molar-refractivity contribution in [2.24, 2.45) is 0 Å². The number of likely N-dealkylation sites (N-methyl/N-ethyl adjacent to an activating group) is 1. The Bertz CT molecular complexity index is 1360. The Kier molecular flexibility index (Phi) is 11.7. The predicted molar refractivity (Wildman–Crippen MR) is 173 cm³/mol. The third kappa shape index (κ3) is 9.58. The van der Waals surface area contributed by atoms with Gasteiger partial charge in [-0.25, -0.2) is 9.97 Å². The lowest BCUT2D eigenvalue weighted by Crippen LogP contribution is -2.41. The Morgan fingerprint density at radius 2 is 1.79 bits per heavy atom. The summed E-state index contributed by atoms with van der Waals surface area (Å²) in [7, 11) is 5.36. The number of aromatic nitrogens is 2. The maximum absolute atomic E-state index is 12.8. The summed E-state index contributed by atoms with van der Waals surface area (Å²) in [6.45, 7) is 12.1. The summed E-state index contributed by atoms with van der Waals surface area (Å²) in [5.41, 5.74) is 3.75. The van der Waals surface area contributed by atoms with Gasteiger partial charge in [0.15, 0.2) is 16.7 Å². The summed E-state index contributed by atoms with van der Waals surface area (Å²) < 4.78 is 16.2. The highest BCUT2D eigenvalue weighted by Crippen LogP contribution is 2.30. The van der Waals surface area contributed by atoms with Crippen LogP contribution < -0.4 is 19.7 Å². The molecule has 0 bridgehead atoms. The first kappa shape index (κ1) is 32.6. The SMILES string of the molecule is COc1ccc(CCN(C)c2cc(C(C)(C)C)nc(SCc3cccc(C(=O)NCCN4CCOCC4)c3)n2)cc1OC. The number of ether oxygens (including phenoxy) is 3. The number of nitrogens with one attached hydrogen (secondary N) is 1. The fraction of sp³-hybridized carbons (Fsp3) is 0.485. The number of rotatable bonds is 13. The molecule has 0 saturated carbocycles. The highest BCUT2D eigenvalue weighted by Gasteiger charge is 2.20. The highest BCUT2D eigenvalue weighted by molar-refractivity contribution is 7.98. The van der Waals surface area contributed by atoms with Gasteiger partial charge in [-0.1, -0.05) is 50.7 Å². The van der Waals surface area contributed by atoms with E-state index in [2.05, 4.69) is 55.1 Å². The Hall–Kier alpha value is -3.34. The maximum Gasteiger partial charge on any atom is 0.251 e. The number of hydrogen-bond donors (Lipinski definition) is 1. The molecule has 1 aliphatic rings. The van der Waals surface area contributed by atoms with Crippen molar-refractivity contribution in [3.05, 3.63) is 70.9 Å². The molecule has 1 saturated heterocycles. The molecule has 9 nitrogen and oxygen atoms in total. The van der Waals surface area contributed by atoms with Crippen molar-refractivity contribution in [2.75, 3.05) is 72.1 Å². The van der Waals surface area contributed by atoms with Gasteiger partial charge >= 0.3 is 0 Å². The van der Waals surface area contributed by atoms with Crippen molar-refractivity contribution in [3.8, 4) is 11.5 Å². The van der Waals surface area contributed by atoms with Gasteiger partial charge in [0.25, 0.3) is 5.91 Å². The summed E-state index contributed by atoms with van der Waals surface area (Å²) in [5.74, 6) is 2.95. The van der Waals surface area contributed by atoms with Gasteiger partial charge in [0.2, 0.25) is 0 Å². The number of thioether (sulfide) groups is 1. The van der Waals surface area contributed by atoms with E-state index in [4.69, 9.17) is 24.2 Å². The van der Waals surface area contributed by atoms with E-state index in [9.17, 15) is 4.79 Å². The van der Waals surface area contributed by atoms with Crippen molar-refractivity contribution in [1.29, 1.82) is 0 Å². The lowest BCUT2D eigenvalue weighted by Gasteiger charge is -2.26. The number of carbonyl (C=O) groups excluding carboxylic acids is 1. The van der Waals surface area contributed by atoms with E-state index in [1.165, 1.54) is 0 Å². The van der Waals surface area contributed by atoms with Gasteiger partial charge in [-0.05, 0) is 41.8 Å². The number of amides is 1. The van der Waals surface area contributed by atoms with Gasteiger partial charge in [0.05, 0.1) is 33.1 Å². The summed E-state index contributed by atoms with van der Waals surface area (Å²) in [5, 5.41) is 3.78. The Morgan fingerprint density at radius 3 is 2.51 bits per heavy atom. The van der Waals surface area contributed by atoms with E-state index in [0.717, 1.165) is 85.1 Å². The van der Waals surface area contributed by atoms with Crippen LogP contribution in [0.3, 0.4) is 0 Å². The minimum atomic E-state index is -0.129. The number of methoxy groups -OCH3 is 2. The third-order valence-electron chi connectivity index (χ3n) is 7.41. The van der Waals surface area contributed by atoms with Gasteiger partial charge in [-0.2, -0.15) is 0 Å². The summed E-state index contributed by atoms with van der Waals surface area (Å²) in [6.07, 6.45) is 0.829. The van der Waals surface area contributed by atoms with E-state index < -0.39 is 0 Å². The van der Waals surface area contributed by atoms with Crippen molar-refractivity contribution in [1.82, 2.24) is 20.2 Å². The molecule has 4 rings (SSSR count). The van der Waals surface area contributed by atoms with Gasteiger partial charge in [-0.3, -0.25) is 9.69 Å².